The number of hydrogen-bond acceptors (Lipinski definition) is 1. The van der Waals surface area contributed by atoms with Gasteiger partial charge in [-0.1, -0.05) is 6.92 Å². The summed E-state index contributed by atoms with van der Waals surface area (Å²) in [5, 5.41) is 0. The average molecular weight is 179 g/mol. The topological polar surface area (TPSA) is 20.3 Å². The third-order valence-electron chi connectivity index (χ3n) is 1.51. The second-order valence-electron chi connectivity index (χ2n) is 2.83. The van der Waals surface area contributed by atoms with Crippen LogP contribution in [0.5, 0.6) is 0 Å². The molecule has 72 valence electrons. The molecule has 0 rings (SSSR count). The number of nitrogens with zero attached hydrogens (tertiary/aromatic N) is 1. The summed E-state index contributed by atoms with van der Waals surface area (Å²) < 4.78 is 24.9. The Labute approximate surface area is 71.5 Å². The zero-order valence-corrected chi connectivity index (χ0v) is 7.73. The van der Waals surface area contributed by atoms with Crippen LogP contribution < -0.4 is 0 Å². The minimum absolute atomic E-state index is 0.223. The molecule has 0 saturated carbocycles. The van der Waals surface area contributed by atoms with Crippen LogP contribution in [0.2, 0.25) is 0 Å². The van der Waals surface area contributed by atoms with E-state index in [1.165, 1.54) is 4.90 Å². The van der Waals surface area contributed by atoms with E-state index in [1.54, 1.807) is 13.8 Å². The van der Waals surface area contributed by atoms with Gasteiger partial charge in [0.25, 0.3) is 5.92 Å². The van der Waals surface area contributed by atoms with E-state index in [1.807, 2.05) is 0 Å². The predicted octanol–water partition coefficient (Wildman–Crippen LogP) is 1.90. The largest absolute Gasteiger partial charge is 0.337 e. The molecule has 0 aliphatic rings. The van der Waals surface area contributed by atoms with Crippen molar-refractivity contribution in [2.24, 2.45) is 0 Å². The van der Waals surface area contributed by atoms with Gasteiger partial charge in [-0.3, -0.25) is 4.79 Å². The first-order chi connectivity index (χ1) is 5.40. The van der Waals surface area contributed by atoms with Crippen LogP contribution in [0.3, 0.4) is 0 Å². The van der Waals surface area contributed by atoms with E-state index in [0.717, 1.165) is 6.92 Å². The summed E-state index contributed by atoms with van der Waals surface area (Å²) in [6.07, 6.45) is 0.282. The summed E-state index contributed by atoms with van der Waals surface area (Å²) in [5.41, 5.74) is 0. The van der Waals surface area contributed by atoms with Gasteiger partial charge >= 0.3 is 0 Å². The van der Waals surface area contributed by atoms with E-state index >= 15 is 0 Å². The van der Waals surface area contributed by atoms with Crippen molar-refractivity contribution in [3.63, 3.8) is 0 Å². The monoisotopic (exact) mass is 179 g/mol. The number of rotatable bonds is 4. The van der Waals surface area contributed by atoms with Gasteiger partial charge in [-0.15, -0.1) is 0 Å². The zero-order valence-electron chi connectivity index (χ0n) is 7.73. The van der Waals surface area contributed by atoms with Crippen molar-refractivity contribution in [2.45, 2.75) is 33.1 Å². The van der Waals surface area contributed by atoms with Crippen molar-refractivity contribution < 1.29 is 13.6 Å². The fourth-order valence-electron chi connectivity index (χ4n) is 0.935. The molecule has 0 bridgehead atoms. The molecule has 0 radical (unpaired) electrons. The van der Waals surface area contributed by atoms with E-state index < -0.39 is 12.5 Å². The van der Waals surface area contributed by atoms with Crippen LogP contribution in [0, 0.1) is 0 Å². The lowest BCUT2D eigenvalue weighted by Crippen LogP contribution is -2.38. The Bertz CT molecular complexity index is 154. The van der Waals surface area contributed by atoms with Gasteiger partial charge in [0.2, 0.25) is 5.91 Å². The molecule has 0 fully saturated rings. The Morgan fingerprint density at radius 2 is 1.92 bits per heavy atom. The van der Waals surface area contributed by atoms with E-state index in [2.05, 4.69) is 0 Å². The fourth-order valence-corrected chi connectivity index (χ4v) is 0.935. The fraction of sp³-hybridized carbons (Fsp3) is 0.875. The Balaban J connectivity index is 4.09. The molecule has 0 aromatic heterocycles. The first kappa shape index (κ1) is 11.3. The van der Waals surface area contributed by atoms with E-state index in [4.69, 9.17) is 0 Å². The Hall–Kier alpha value is -0.670. The van der Waals surface area contributed by atoms with Gasteiger partial charge in [0.1, 0.15) is 0 Å². The molecule has 0 aliphatic carbocycles. The SMILES string of the molecule is CCC(=O)N(CC)CC(C)(F)F. The number of amides is 1. The second-order valence-corrected chi connectivity index (χ2v) is 2.83. The molecule has 0 unspecified atom stereocenters. The van der Waals surface area contributed by atoms with E-state index in [9.17, 15) is 13.6 Å². The van der Waals surface area contributed by atoms with Crippen molar-refractivity contribution in [2.75, 3.05) is 13.1 Å². The van der Waals surface area contributed by atoms with Crippen LogP contribution in [0.1, 0.15) is 27.2 Å². The molecule has 0 aromatic carbocycles. The number of alkyl halides is 2. The lowest BCUT2D eigenvalue weighted by Gasteiger charge is -2.23. The highest BCUT2D eigenvalue weighted by Crippen LogP contribution is 2.13. The first-order valence-corrected chi connectivity index (χ1v) is 4.06. The molecule has 1 amide bonds. The molecule has 0 aromatic rings. The summed E-state index contributed by atoms with van der Waals surface area (Å²) in [7, 11) is 0. The molecule has 0 heterocycles. The van der Waals surface area contributed by atoms with Crippen LogP contribution in [0.25, 0.3) is 0 Å². The number of carbonyl (C=O) groups is 1. The van der Waals surface area contributed by atoms with Gasteiger partial charge in [-0.05, 0) is 6.92 Å². The van der Waals surface area contributed by atoms with Crippen LogP contribution >= 0.6 is 0 Å². The predicted molar refractivity (Wildman–Crippen MR) is 43.2 cm³/mol. The van der Waals surface area contributed by atoms with Gasteiger partial charge in [0.05, 0.1) is 6.54 Å². The highest BCUT2D eigenvalue weighted by atomic mass is 19.3. The van der Waals surface area contributed by atoms with Gasteiger partial charge in [0.15, 0.2) is 0 Å². The number of hydrogen-bond donors (Lipinski definition) is 0. The summed E-state index contributed by atoms with van der Waals surface area (Å²) in [5.74, 6) is -3.01. The van der Waals surface area contributed by atoms with Gasteiger partial charge in [-0.25, -0.2) is 8.78 Å². The quantitative estimate of drug-likeness (QED) is 0.645. The smallest absolute Gasteiger partial charge is 0.262 e. The molecule has 0 atom stereocenters. The van der Waals surface area contributed by atoms with Crippen molar-refractivity contribution >= 4 is 5.91 Å². The minimum atomic E-state index is -2.79. The third-order valence-corrected chi connectivity index (χ3v) is 1.51. The maximum Gasteiger partial charge on any atom is 0.262 e. The van der Waals surface area contributed by atoms with Crippen LogP contribution in [0.15, 0.2) is 0 Å². The maximum atomic E-state index is 12.5. The normalized spacial score (nSPS) is 11.4. The Morgan fingerprint density at radius 1 is 1.42 bits per heavy atom. The van der Waals surface area contributed by atoms with Crippen LogP contribution in [-0.4, -0.2) is 29.8 Å². The number of carbonyl (C=O) groups excluding carboxylic acids is 1. The van der Waals surface area contributed by atoms with E-state index in [0.29, 0.717) is 6.54 Å². The Kier molecular flexibility index (Phi) is 4.13. The maximum absolute atomic E-state index is 12.5. The summed E-state index contributed by atoms with van der Waals surface area (Å²) >= 11 is 0. The second kappa shape index (κ2) is 4.38. The molecule has 2 nitrogen and oxygen atoms in total. The van der Waals surface area contributed by atoms with Gasteiger partial charge < -0.3 is 4.90 Å². The van der Waals surface area contributed by atoms with Crippen molar-refractivity contribution in [1.29, 1.82) is 0 Å². The highest BCUT2D eigenvalue weighted by Gasteiger charge is 2.26. The first-order valence-electron chi connectivity index (χ1n) is 4.06. The van der Waals surface area contributed by atoms with E-state index in [-0.39, 0.29) is 12.3 Å². The van der Waals surface area contributed by atoms with Crippen molar-refractivity contribution in [3.8, 4) is 0 Å². The average Bonchev–Trinajstić information content (AvgIpc) is 1.97. The molecular formula is C8H15F2NO. The highest BCUT2D eigenvalue weighted by molar-refractivity contribution is 5.75. The van der Waals surface area contributed by atoms with Crippen LogP contribution in [-0.2, 0) is 4.79 Å². The lowest BCUT2D eigenvalue weighted by molar-refractivity contribution is -0.135. The van der Waals surface area contributed by atoms with Crippen molar-refractivity contribution in [1.82, 2.24) is 4.90 Å². The third kappa shape index (κ3) is 4.26. The molecular weight excluding hydrogens is 164 g/mol. The number of halogens is 2. The molecule has 0 N–H and O–H groups in total. The summed E-state index contributed by atoms with van der Waals surface area (Å²) in [4.78, 5) is 12.2. The Morgan fingerprint density at radius 3 is 2.17 bits per heavy atom. The molecule has 0 saturated heterocycles. The van der Waals surface area contributed by atoms with Gasteiger partial charge in [0, 0.05) is 19.9 Å². The lowest BCUT2D eigenvalue weighted by atomic mass is 10.3. The molecule has 0 spiro atoms. The standard InChI is InChI=1S/C8H15F2NO/c1-4-7(12)11(5-2)6-8(3,9)10/h4-6H2,1-3H3. The molecule has 0 aliphatic heterocycles. The van der Waals surface area contributed by atoms with Crippen LogP contribution in [0.4, 0.5) is 8.78 Å². The summed E-state index contributed by atoms with van der Waals surface area (Å²) in [6, 6.07) is 0. The zero-order chi connectivity index (χ0) is 9.78. The molecule has 12 heavy (non-hydrogen) atoms. The minimum Gasteiger partial charge on any atom is -0.337 e. The van der Waals surface area contributed by atoms with Gasteiger partial charge in [-0.2, -0.15) is 0 Å². The summed E-state index contributed by atoms with van der Waals surface area (Å²) in [6.45, 7) is 4.04. The van der Waals surface area contributed by atoms with Crippen molar-refractivity contribution in [3.05, 3.63) is 0 Å². The molecule has 4 heteroatoms.